The van der Waals surface area contributed by atoms with E-state index in [-0.39, 0.29) is 17.4 Å². The Morgan fingerprint density at radius 3 is 1.95 bits per heavy atom. The molecular formula is C14H28N2O3. The molecule has 1 N–H and O–H groups in total. The van der Waals surface area contributed by atoms with Crippen molar-refractivity contribution in [3.63, 3.8) is 0 Å². The van der Waals surface area contributed by atoms with Crippen molar-refractivity contribution >= 4 is 12.0 Å². The van der Waals surface area contributed by atoms with Crippen molar-refractivity contribution in [1.82, 2.24) is 10.2 Å². The molecule has 0 rings (SSSR count). The Hall–Kier alpha value is -1.26. The van der Waals surface area contributed by atoms with Crippen LogP contribution in [0, 0.1) is 5.41 Å². The number of rotatable bonds is 3. The average Bonchev–Trinajstić information content (AvgIpc) is 2.11. The van der Waals surface area contributed by atoms with Crippen LogP contribution in [0.3, 0.4) is 0 Å². The van der Waals surface area contributed by atoms with Crippen molar-refractivity contribution in [2.45, 2.75) is 60.1 Å². The minimum absolute atomic E-state index is 0.0276. The Bertz CT molecular complexity index is 327. The summed E-state index contributed by atoms with van der Waals surface area (Å²) in [5.74, 6) is -0.0276. The summed E-state index contributed by atoms with van der Waals surface area (Å²) in [6.45, 7) is 13.5. The number of likely N-dealkylation sites (N-methyl/N-ethyl adjacent to an activating group) is 1. The highest BCUT2D eigenvalue weighted by Crippen LogP contribution is 2.20. The van der Waals surface area contributed by atoms with Crippen molar-refractivity contribution < 1.29 is 14.3 Å². The third-order valence-corrected chi connectivity index (χ3v) is 2.73. The van der Waals surface area contributed by atoms with Crippen LogP contribution in [0.2, 0.25) is 0 Å². The van der Waals surface area contributed by atoms with Crippen molar-refractivity contribution in [3.8, 4) is 0 Å². The number of amides is 2. The average molecular weight is 272 g/mol. The molecule has 0 aliphatic carbocycles. The number of alkyl carbamates (subject to hydrolysis) is 1. The molecule has 112 valence electrons. The summed E-state index contributed by atoms with van der Waals surface area (Å²) in [7, 11) is 1.72. The van der Waals surface area contributed by atoms with E-state index in [0.29, 0.717) is 6.54 Å². The lowest BCUT2D eigenvalue weighted by atomic mass is 9.86. The van der Waals surface area contributed by atoms with E-state index in [1.807, 2.05) is 41.5 Å². The molecule has 0 aliphatic heterocycles. The zero-order valence-corrected chi connectivity index (χ0v) is 13.5. The maximum Gasteiger partial charge on any atom is 0.407 e. The zero-order chi connectivity index (χ0) is 15.4. The van der Waals surface area contributed by atoms with E-state index < -0.39 is 11.7 Å². The maximum absolute atomic E-state index is 11.8. The van der Waals surface area contributed by atoms with Crippen LogP contribution >= 0.6 is 0 Å². The lowest BCUT2D eigenvalue weighted by Gasteiger charge is -2.34. The standard InChI is InChI=1S/C14H28N2O3/c1-10(17)16(8)9-11(13(2,3)4)15-12(18)19-14(5,6)7/h11H,9H2,1-8H3,(H,15,18)/t11-/m0/s1. The quantitative estimate of drug-likeness (QED) is 0.858. The third-order valence-electron chi connectivity index (χ3n) is 2.73. The van der Waals surface area contributed by atoms with Crippen molar-refractivity contribution in [2.75, 3.05) is 13.6 Å². The molecule has 0 spiro atoms. The Kier molecular flexibility index (Phi) is 5.84. The molecule has 0 saturated carbocycles. The van der Waals surface area contributed by atoms with Crippen LogP contribution in [0.5, 0.6) is 0 Å². The zero-order valence-electron chi connectivity index (χ0n) is 13.5. The van der Waals surface area contributed by atoms with E-state index in [9.17, 15) is 9.59 Å². The van der Waals surface area contributed by atoms with Crippen molar-refractivity contribution in [2.24, 2.45) is 5.41 Å². The third kappa shape index (κ3) is 7.70. The molecule has 0 heterocycles. The topological polar surface area (TPSA) is 58.6 Å². The summed E-state index contributed by atoms with van der Waals surface area (Å²) < 4.78 is 5.25. The highest BCUT2D eigenvalue weighted by molar-refractivity contribution is 5.73. The van der Waals surface area contributed by atoms with E-state index in [2.05, 4.69) is 5.32 Å². The largest absolute Gasteiger partial charge is 0.444 e. The Morgan fingerprint density at radius 2 is 1.63 bits per heavy atom. The molecule has 0 aliphatic rings. The molecule has 0 fully saturated rings. The van der Waals surface area contributed by atoms with E-state index in [4.69, 9.17) is 4.74 Å². The lowest BCUT2D eigenvalue weighted by molar-refractivity contribution is -0.128. The molecule has 0 radical (unpaired) electrons. The van der Waals surface area contributed by atoms with Crippen LogP contribution < -0.4 is 5.32 Å². The number of hydrogen-bond donors (Lipinski definition) is 1. The Labute approximate surface area is 116 Å². The Morgan fingerprint density at radius 1 is 1.16 bits per heavy atom. The van der Waals surface area contributed by atoms with Crippen LogP contribution in [0.4, 0.5) is 4.79 Å². The molecule has 2 amide bonds. The number of carbonyl (C=O) groups excluding carboxylic acids is 2. The second-order valence-corrected chi connectivity index (χ2v) is 6.96. The summed E-state index contributed by atoms with van der Waals surface area (Å²) in [6.07, 6.45) is -0.454. The molecule has 0 aromatic carbocycles. The first-order valence-corrected chi connectivity index (χ1v) is 6.54. The van der Waals surface area contributed by atoms with Gasteiger partial charge in [0.15, 0.2) is 0 Å². The van der Waals surface area contributed by atoms with Gasteiger partial charge < -0.3 is 15.0 Å². The molecule has 19 heavy (non-hydrogen) atoms. The van der Waals surface area contributed by atoms with Crippen molar-refractivity contribution in [1.29, 1.82) is 0 Å². The number of carbonyl (C=O) groups is 2. The summed E-state index contributed by atoms with van der Waals surface area (Å²) in [4.78, 5) is 24.7. The summed E-state index contributed by atoms with van der Waals surface area (Å²) >= 11 is 0. The van der Waals surface area contributed by atoms with E-state index in [0.717, 1.165) is 0 Å². The molecule has 0 aromatic heterocycles. The predicted molar refractivity (Wildman–Crippen MR) is 75.9 cm³/mol. The van der Waals surface area contributed by atoms with Gasteiger partial charge in [-0.25, -0.2) is 4.79 Å². The van der Waals surface area contributed by atoms with Crippen molar-refractivity contribution in [3.05, 3.63) is 0 Å². The van der Waals surface area contributed by atoms with Crippen LogP contribution in [-0.2, 0) is 9.53 Å². The van der Waals surface area contributed by atoms with Gasteiger partial charge in [0.2, 0.25) is 5.91 Å². The smallest absolute Gasteiger partial charge is 0.407 e. The normalized spacial score (nSPS) is 13.7. The van der Waals surface area contributed by atoms with Gasteiger partial charge in [-0.05, 0) is 26.2 Å². The fourth-order valence-electron chi connectivity index (χ4n) is 1.39. The van der Waals surface area contributed by atoms with Gasteiger partial charge in [0, 0.05) is 20.5 Å². The fourth-order valence-corrected chi connectivity index (χ4v) is 1.39. The highest BCUT2D eigenvalue weighted by atomic mass is 16.6. The van der Waals surface area contributed by atoms with E-state index >= 15 is 0 Å². The van der Waals surface area contributed by atoms with Gasteiger partial charge in [0.1, 0.15) is 5.60 Å². The second-order valence-electron chi connectivity index (χ2n) is 6.96. The molecule has 1 atom stereocenters. The van der Waals surface area contributed by atoms with Gasteiger partial charge in [0.25, 0.3) is 0 Å². The summed E-state index contributed by atoms with van der Waals surface area (Å²) in [5, 5.41) is 2.84. The number of hydrogen-bond acceptors (Lipinski definition) is 3. The van der Waals surface area contributed by atoms with Gasteiger partial charge >= 0.3 is 6.09 Å². The predicted octanol–water partition coefficient (Wildman–Crippen LogP) is 2.40. The van der Waals surface area contributed by atoms with Gasteiger partial charge in [-0.15, -0.1) is 0 Å². The minimum Gasteiger partial charge on any atom is -0.444 e. The molecule has 5 heteroatoms. The molecule has 0 bridgehead atoms. The van der Waals surface area contributed by atoms with Gasteiger partial charge in [0.05, 0.1) is 6.04 Å². The number of nitrogens with one attached hydrogen (secondary N) is 1. The minimum atomic E-state index is -0.529. The SMILES string of the molecule is CC(=O)N(C)C[C@H](NC(=O)OC(C)(C)C)C(C)(C)C. The van der Waals surface area contributed by atoms with E-state index in [1.54, 1.807) is 11.9 Å². The lowest BCUT2D eigenvalue weighted by Crippen LogP contribution is -2.51. The molecule has 0 saturated heterocycles. The summed E-state index contributed by atoms with van der Waals surface area (Å²) in [5.41, 5.74) is -0.695. The Balaban J connectivity index is 4.71. The van der Waals surface area contributed by atoms with E-state index in [1.165, 1.54) is 6.92 Å². The van der Waals surface area contributed by atoms with Gasteiger partial charge in [-0.2, -0.15) is 0 Å². The van der Waals surface area contributed by atoms with Gasteiger partial charge in [-0.3, -0.25) is 4.79 Å². The van der Waals surface area contributed by atoms with Crippen LogP contribution in [0.1, 0.15) is 48.5 Å². The molecule has 0 aromatic rings. The second kappa shape index (κ2) is 6.26. The monoisotopic (exact) mass is 272 g/mol. The fraction of sp³-hybridized carbons (Fsp3) is 0.857. The number of ether oxygens (including phenoxy) is 1. The van der Waals surface area contributed by atoms with Gasteiger partial charge in [-0.1, -0.05) is 20.8 Å². The number of nitrogens with zero attached hydrogens (tertiary/aromatic N) is 1. The first kappa shape index (κ1) is 17.7. The molecular weight excluding hydrogens is 244 g/mol. The van der Waals surface area contributed by atoms with Crippen LogP contribution in [0.15, 0.2) is 0 Å². The maximum atomic E-state index is 11.8. The first-order valence-electron chi connectivity index (χ1n) is 6.54. The summed E-state index contributed by atoms with van der Waals surface area (Å²) in [6, 6.07) is -0.170. The first-order chi connectivity index (χ1) is 8.33. The molecule has 0 unspecified atom stereocenters. The molecule has 5 nitrogen and oxygen atoms in total. The highest BCUT2D eigenvalue weighted by Gasteiger charge is 2.29. The van der Waals surface area contributed by atoms with Crippen LogP contribution in [-0.4, -0.2) is 42.1 Å². The van der Waals surface area contributed by atoms with Crippen LogP contribution in [0.25, 0.3) is 0 Å².